The largest absolute Gasteiger partial charge is 0.503 e. The lowest BCUT2D eigenvalue weighted by molar-refractivity contribution is 0.374. The molecule has 0 unspecified atom stereocenters. The number of hydrogen-bond acceptors (Lipinski definition) is 7. The molecule has 1 aliphatic rings. The Kier molecular flexibility index (Phi) is 6.13. The summed E-state index contributed by atoms with van der Waals surface area (Å²) in [4.78, 5) is 11.4. The fourth-order valence-electron chi connectivity index (χ4n) is 4.26. The number of rotatable bonds is 5. The standard InChI is InChI=1S/C26H26ClN5O2/c1-34-24-14-17(13-21(27)26(24)33)16-2-4-22-20(12-16)23(6-9-29-22)31-19-3-5-25(30-15-19)32-10-7-18(28)8-11-32/h2-6,9,12-15,18,33H,7-8,10-11,28H2,1H3,(H,29,31). The third-order valence-corrected chi connectivity index (χ3v) is 6.50. The highest BCUT2D eigenvalue weighted by molar-refractivity contribution is 6.32. The molecule has 7 nitrogen and oxygen atoms in total. The predicted octanol–water partition coefficient (Wildman–Crippen LogP) is 5.34. The molecule has 0 atom stereocenters. The molecule has 1 aliphatic heterocycles. The molecule has 0 saturated carbocycles. The number of benzene rings is 2. The minimum atomic E-state index is -0.0685. The number of ether oxygens (including phenoxy) is 1. The molecule has 2 aromatic heterocycles. The summed E-state index contributed by atoms with van der Waals surface area (Å²) in [5.41, 5.74) is 10.5. The van der Waals surface area contributed by atoms with E-state index in [-0.39, 0.29) is 10.8 Å². The maximum atomic E-state index is 10.1. The van der Waals surface area contributed by atoms with Crippen LogP contribution in [0, 0.1) is 0 Å². The fourth-order valence-corrected chi connectivity index (χ4v) is 4.47. The van der Waals surface area contributed by atoms with Crippen molar-refractivity contribution in [2.75, 3.05) is 30.4 Å². The number of pyridine rings is 2. The zero-order valence-corrected chi connectivity index (χ0v) is 19.6. The Morgan fingerprint density at radius 3 is 2.62 bits per heavy atom. The maximum absolute atomic E-state index is 10.1. The van der Waals surface area contributed by atoms with E-state index in [1.807, 2.05) is 42.6 Å². The van der Waals surface area contributed by atoms with Crippen molar-refractivity contribution in [2.45, 2.75) is 18.9 Å². The molecule has 0 spiro atoms. The van der Waals surface area contributed by atoms with Crippen LogP contribution in [-0.4, -0.2) is 41.3 Å². The van der Waals surface area contributed by atoms with Crippen LogP contribution in [0.3, 0.4) is 0 Å². The normalized spacial score (nSPS) is 14.4. The highest BCUT2D eigenvalue weighted by Crippen LogP contribution is 2.39. The molecule has 0 bridgehead atoms. The van der Waals surface area contributed by atoms with Gasteiger partial charge < -0.3 is 25.8 Å². The Balaban J connectivity index is 1.44. The second kappa shape index (κ2) is 9.37. The number of anilines is 3. The Morgan fingerprint density at radius 1 is 1.06 bits per heavy atom. The maximum Gasteiger partial charge on any atom is 0.176 e. The van der Waals surface area contributed by atoms with E-state index in [0.29, 0.717) is 11.8 Å². The van der Waals surface area contributed by atoms with E-state index < -0.39 is 0 Å². The molecule has 4 N–H and O–H groups in total. The summed E-state index contributed by atoms with van der Waals surface area (Å²) in [5, 5.41) is 14.7. The van der Waals surface area contributed by atoms with Gasteiger partial charge in [0.1, 0.15) is 5.82 Å². The molecular formula is C26H26ClN5O2. The molecule has 0 amide bonds. The van der Waals surface area contributed by atoms with Gasteiger partial charge in [0.05, 0.1) is 29.5 Å². The Labute approximate surface area is 203 Å². The minimum Gasteiger partial charge on any atom is -0.503 e. The Morgan fingerprint density at radius 2 is 1.88 bits per heavy atom. The number of nitrogens with one attached hydrogen (secondary N) is 1. The molecule has 1 saturated heterocycles. The number of methoxy groups -OCH3 is 1. The summed E-state index contributed by atoms with van der Waals surface area (Å²) in [6, 6.07) is 15.8. The zero-order valence-electron chi connectivity index (χ0n) is 18.8. The van der Waals surface area contributed by atoms with Crippen LogP contribution in [0.25, 0.3) is 22.0 Å². The number of nitrogens with two attached hydrogens (primary N) is 1. The highest BCUT2D eigenvalue weighted by Gasteiger charge is 2.17. The molecule has 174 valence electrons. The van der Waals surface area contributed by atoms with E-state index in [2.05, 4.69) is 20.2 Å². The highest BCUT2D eigenvalue weighted by atomic mass is 35.5. The molecular weight excluding hydrogens is 450 g/mol. The van der Waals surface area contributed by atoms with Crippen LogP contribution in [0.5, 0.6) is 11.5 Å². The van der Waals surface area contributed by atoms with Gasteiger partial charge >= 0.3 is 0 Å². The zero-order chi connectivity index (χ0) is 23.7. The number of phenolic OH excluding ortho intramolecular Hbond substituents is 1. The molecule has 1 fully saturated rings. The van der Waals surface area contributed by atoms with Crippen molar-refractivity contribution in [3.63, 3.8) is 0 Å². The van der Waals surface area contributed by atoms with Gasteiger partial charge in [0.2, 0.25) is 0 Å². The first-order valence-electron chi connectivity index (χ1n) is 11.2. The Bertz CT molecular complexity index is 1320. The van der Waals surface area contributed by atoms with Crippen molar-refractivity contribution >= 4 is 39.7 Å². The monoisotopic (exact) mass is 475 g/mol. The second-order valence-corrected chi connectivity index (χ2v) is 8.86. The van der Waals surface area contributed by atoms with Gasteiger partial charge in [-0.25, -0.2) is 4.98 Å². The number of phenols is 1. The van der Waals surface area contributed by atoms with Gasteiger partial charge in [-0.3, -0.25) is 4.98 Å². The van der Waals surface area contributed by atoms with E-state index in [1.54, 1.807) is 18.3 Å². The van der Waals surface area contributed by atoms with Crippen LogP contribution in [-0.2, 0) is 0 Å². The number of hydrogen-bond donors (Lipinski definition) is 3. The minimum absolute atomic E-state index is 0.0685. The summed E-state index contributed by atoms with van der Waals surface area (Å²) in [7, 11) is 1.50. The van der Waals surface area contributed by atoms with E-state index in [9.17, 15) is 5.11 Å². The molecule has 34 heavy (non-hydrogen) atoms. The summed E-state index contributed by atoms with van der Waals surface area (Å²) in [5.74, 6) is 1.23. The predicted molar refractivity (Wildman–Crippen MR) is 137 cm³/mol. The third kappa shape index (κ3) is 4.44. The number of aromatic nitrogens is 2. The number of aromatic hydroxyl groups is 1. The van der Waals surface area contributed by atoms with Crippen LogP contribution < -0.4 is 20.7 Å². The molecule has 8 heteroatoms. The van der Waals surface area contributed by atoms with Crippen molar-refractivity contribution < 1.29 is 9.84 Å². The smallest absolute Gasteiger partial charge is 0.176 e. The molecule has 0 radical (unpaired) electrons. The number of halogens is 1. The van der Waals surface area contributed by atoms with Crippen LogP contribution >= 0.6 is 11.6 Å². The van der Waals surface area contributed by atoms with Crippen LogP contribution in [0.15, 0.2) is 60.9 Å². The molecule has 4 aromatic rings. The van der Waals surface area contributed by atoms with Crippen LogP contribution in [0.1, 0.15) is 12.8 Å². The van der Waals surface area contributed by atoms with Gasteiger partial charge in [-0.1, -0.05) is 17.7 Å². The number of fused-ring (bicyclic) bond motifs is 1. The number of piperidine rings is 1. The van der Waals surface area contributed by atoms with Gasteiger partial charge in [-0.05, 0) is 66.4 Å². The van der Waals surface area contributed by atoms with E-state index in [0.717, 1.165) is 65.2 Å². The summed E-state index contributed by atoms with van der Waals surface area (Å²) in [6.07, 6.45) is 5.62. The first-order valence-corrected chi connectivity index (χ1v) is 11.6. The molecule has 3 heterocycles. The van der Waals surface area contributed by atoms with Crippen molar-refractivity contribution in [3.8, 4) is 22.6 Å². The third-order valence-electron chi connectivity index (χ3n) is 6.21. The van der Waals surface area contributed by atoms with Crippen LogP contribution in [0.4, 0.5) is 17.2 Å². The summed E-state index contributed by atoms with van der Waals surface area (Å²) >= 11 is 6.21. The van der Waals surface area contributed by atoms with Crippen LogP contribution in [0.2, 0.25) is 5.02 Å². The Hall–Kier alpha value is -3.55. The first-order chi connectivity index (χ1) is 16.5. The second-order valence-electron chi connectivity index (χ2n) is 8.45. The summed E-state index contributed by atoms with van der Waals surface area (Å²) < 4.78 is 5.26. The molecule has 5 rings (SSSR count). The SMILES string of the molecule is COc1cc(-c2ccc3nccc(Nc4ccc(N5CCC(N)CC5)nc4)c3c2)cc(Cl)c1O. The molecule has 0 aliphatic carbocycles. The van der Waals surface area contributed by atoms with Gasteiger partial charge in [0, 0.05) is 36.4 Å². The quantitative estimate of drug-likeness (QED) is 0.358. The average molecular weight is 476 g/mol. The van der Waals surface area contributed by atoms with Gasteiger partial charge in [0.15, 0.2) is 11.5 Å². The average Bonchev–Trinajstić information content (AvgIpc) is 2.86. The first kappa shape index (κ1) is 22.3. The number of nitrogens with zero attached hydrogens (tertiary/aromatic N) is 3. The van der Waals surface area contributed by atoms with E-state index >= 15 is 0 Å². The topological polar surface area (TPSA) is 96.5 Å². The lowest BCUT2D eigenvalue weighted by Crippen LogP contribution is -2.40. The van der Waals surface area contributed by atoms with Crippen molar-refractivity contribution in [1.82, 2.24) is 9.97 Å². The lowest BCUT2D eigenvalue weighted by Gasteiger charge is -2.31. The van der Waals surface area contributed by atoms with Crippen molar-refractivity contribution in [3.05, 3.63) is 65.9 Å². The van der Waals surface area contributed by atoms with E-state index in [1.165, 1.54) is 7.11 Å². The molecule has 2 aromatic carbocycles. The van der Waals surface area contributed by atoms with Crippen molar-refractivity contribution in [2.24, 2.45) is 5.73 Å². The van der Waals surface area contributed by atoms with E-state index in [4.69, 9.17) is 22.1 Å². The van der Waals surface area contributed by atoms with Gasteiger partial charge in [0.25, 0.3) is 0 Å². The van der Waals surface area contributed by atoms with Crippen molar-refractivity contribution in [1.29, 1.82) is 0 Å². The van der Waals surface area contributed by atoms with Gasteiger partial charge in [-0.2, -0.15) is 0 Å². The lowest BCUT2D eigenvalue weighted by atomic mass is 10.0. The summed E-state index contributed by atoms with van der Waals surface area (Å²) in [6.45, 7) is 1.87. The fraction of sp³-hybridized carbons (Fsp3) is 0.231. The van der Waals surface area contributed by atoms with Gasteiger partial charge in [-0.15, -0.1) is 0 Å².